The van der Waals surface area contributed by atoms with Crippen LogP contribution >= 0.6 is 0 Å². The second-order valence-electron chi connectivity index (χ2n) is 7.00. The van der Waals surface area contributed by atoms with E-state index in [4.69, 9.17) is 0 Å². The van der Waals surface area contributed by atoms with E-state index in [2.05, 4.69) is 24.1 Å². The number of hydrogen-bond donors (Lipinski definition) is 1. The third kappa shape index (κ3) is 2.75. The van der Waals surface area contributed by atoms with Crippen molar-refractivity contribution in [3.63, 3.8) is 0 Å². The largest absolute Gasteiger partial charge is 0.314 e. The maximum Gasteiger partial charge on any atom is 0.0124 e. The molecular weight excluding hydrogens is 220 g/mol. The summed E-state index contributed by atoms with van der Waals surface area (Å²) in [6.07, 6.45) is 8.60. The lowest BCUT2D eigenvalue weighted by Crippen LogP contribution is -2.37. The molecule has 1 saturated heterocycles. The number of likely N-dealkylation sites (tertiary alicyclic amines) is 1. The smallest absolute Gasteiger partial charge is 0.0124 e. The van der Waals surface area contributed by atoms with E-state index < -0.39 is 0 Å². The molecule has 2 heteroatoms. The van der Waals surface area contributed by atoms with Gasteiger partial charge in [-0.3, -0.25) is 4.90 Å². The molecule has 3 aliphatic rings. The summed E-state index contributed by atoms with van der Waals surface area (Å²) in [5.41, 5.74) is 0. The highest BCUT2D eigenvalue weighted by atomic mass is 15.2. The summed E-state index contributed by atoms with van der Waals surface area (Å²) < 4.78 is 0. The first-order valence-corrected chi connectivity index (χ1v) is 8.25. The third-order valence-electron chi connectivity index (χ3n) is 5.77. The van der Waals surface area contributed by atoms with Crippen molar-refractivity contribution in [1.82, 2.24) is 10.2 Å². The van der Waals surface area contributed by atoms with Crippen LogP contribution in [0.15, 0.2) is 0 Å². The first-order chi connectivity index (χ1) is 8.78. The SMILES string of the molecule is CCC1CCC(N2CCC(CNC3CC3)C2)C1C. The maximum atomic E-state index is 3.71. The molecule has 0 amide bonds. The fourth-order valence-corrected chi connectivity index (χ4v) is 4.27. The molecule has 4 atom stereocenters. The van der Waals surface area contributed by atoms with Gasteiger partial charge in [0.15, 0.2) is 0 Å². The molecule has 1 N–H and O–H groups in total. The second kappa shape index (κ2) is 5.50. The van der Waals surface area contributed by atoms with Crippen LogP contribution in [0.25, 0.3) is 0 Å². The Bertz CT molecular complexity index is 274. The maximum absolute atomic E-state index is 3.71. The molecule has 104 valence electrons. The van der Waals surface area contributed by atoms with Crippen molar-refractivity contribution in [2.75, 3.05) is 19.6 Å². The summed E-state index contributed by atoms with van der Waals surface area (Å²) in [5, 5.41) is 3.71. The Kier molecular flexibility index (Phi) is 3.95. The minimum atomic E-state index is 0.883. The molecule has 0 bridgehead atoms. The molecule has 1 aliphatic heterocycles. The van der Waals surface area contributed by atoms with Crippen molar-refractivity contribution in [1.29, 1.82) is 0 Å². The highest BCUT2D eigenvalue weighted by Crippen LogP contribution is 2.38. The fourth-order valence-electron chi connectivity index (χ4n) is 4.27. The van der Waals surface area contributed by atoms with Gasteiger partial charge in [-0.1, -0.05) is 20.3 Å². The van der Waals surface area contributed by atoms with E-state index in [0.29, 0.717) is 0 Å². The summed E-state index contributed by atoms with van der Waals surface area (Å²) in [7, 11) is 0. The quantitative estimate of drug-likeness (QED) is 0.807. The molecule has 0 aromatic carbocycles. The second-order valence-corrected chi connectivity index (χ2v) is 7.00. The van der Waals surface area contributed by atoms with Crippen LogP contribution in [-0.4, -0.2) is 36.6 Å². The van der Waals surface area contributed by atoms with E-state index in [1.165, 1.54) is 58.2 Å². The minimum Gasteiger partial charge on any atom is -0.314 e. The van der Waals surface area contributed by atoms with Crippen LogP contribution in [0.2, 0.25) is 0 Å². The Morgan fingerprint density at radius 2 is 1.94 bits per heavy atom. The van der Waals surface area contributed by atoms with Crippen molar-refractivity contribution in [2.45, 2.75) is 64.5 Å². The van der Waals surface area contributed by atoms with Gasteiger partial charge in [-0.05, 0) is 62.9 Å². The van der Waals surface area contributed by atoms with Crippen LogP contribution in [0.1, 0.15) is 52.4 Å². The Labute approximate surface area is 113 Å². The van der Waals surface area contributed by atoms with Crippen LogP contribution in [0, 0.1) is 17.8 Å². The molecule has 3 rings (SSSR count). The zero-order valence-corrected chi connectivity index (χ0v) is 12.2. The summed E-state index contributed by atoms with van der Waals surface area (Å²) in [5.74, 6) is 2.86. The van der Waals surface area contributed by atoms with Crippen LogP contribution in [0.5, 0.6) is 0 Å². The Balaban J connectivity index is 1.46. The van der Waals surface area contributed by atoms with E-state index in [1.54, 1.807) is 0 Å². The first kappa shape index (κ1) is 12.9. The Morgan fingerprint density at radius 3 is 2.61 bits per heavy atom. The molecule has 0 aromatic heterocycles. The van der Waals surface area contributed by atoms with E-state index >= 15 is 0 Å². The van der Waals surface area contributed by atoms with Crippen molar-refractivity contribution in [3.8, 4) is 0 Å². The summed E-state index contributed by atoms with van der Waals surface area (Å²) in [6.45, 7) is 8.88. The average molecular weight is 250 g/mol. The molecule has 18 heavy (non-hydrogen) atoms. The van der Waals surface area contributed by atoms with Gasteiger partial charge >= 0.3 is 0 Å². The van der Waals surface area contributed by atoms with Crippen LogP contribution < -0.4 is 5.32 Å². The lowest BCUT2D eigenvalue weighted by molar-refractivity contribution is 0.181. The Morgan fingerprint density at radius 1 is 1.11 bits per heavy atom. The lowest BCUT2D eigenvalue weighted by atomic mass is 9.93. The van der Waals surface area contributed by atoms with Crippen molar-refractivity contribution in [3.05, 3.63) is 0 Å². The lowest BCUT2D eigenvalue weighted by Gasteiger charge is -2.29. The highest BCUT2D eigenvalue weighted by Gasteiger charge is 2.38. The van der Waals surface area contributed by atoms with Crippen molar-refractivity contribution < 1.29 is 0 Å². The van der Waals surface area contributed by atoms with E-state index in [-0.39, 0.29) is 0 Å². The van der Waals surface area contributed by atoms with Crippen LogP contribution in [0.3, 0.4) is 0 Å². The van der Waals surface area contributed by atoms with Gasteiger partial charge in [-0.2, -0.15) is 0 Å². The third-order valence-corrected chi connectivity index (χ3v) is 5.77. The zero-order valence-electron chi connectivity index (χ0n) is 12.2. The standard InChI is InChI=1S/C16H30N2/c1-3-14-4-7-16(12(14)2)18-9-8-13(11-18)10-17-15-5-6-15/h12-17H,3-11H2,1-2H3. The average Bonchev–Trinajstić information content (AvgIpc) is 2.97. The molecule has 2 saturated carbocycles. The fraction of sp³-hybridized carbons (Fsp3) is 1.00. The van der Waals surface area contributed by atoms with Crippen LogP contribution in [-0.2, 0) is 0 Å². The summed E-state index contributed by atoms with van der Waals surface area (Å²) >= 11 is 0. The number of nitrogens with one attached hydrogen (secondary N) is 1. The van der Waals surface area contributed by atoms with Gasteiger partial charge in [-0.25, -0.2) is 0 Å². The topological polar surface area (TPSA) is 15.3 Å². The molecule has 0 aromatic rings. The summed E-state index contributed by atoms with van der Waals surface area (Å²) in [6, 6.07) is 1.79. The van der Waals surface area contributed by atoms with Gasteiger partial charge in [0.05, 0.1) is 0 Å². The van der Waals surface area contributed by atoms with E-state index in [0.717, 1.165) is 29.8 Å². The van der Waals surface area contributed by atoms with Gasteiger partial charge in [0.25, 0.3) is 0 Å². The van der Waals surface area contributed by atoms with Crippen LogP contribution in [0.4, 0.5) is 0 Å². The normalized spacial score (nSPS) is 41.7. The monoisotopic (exact) mass is 250 g/mol. The molecule has 4 unspecified atom stereocenters. The number of nitrogens with zero attached hydrogens (tertiary/aromatic N) is 1. The molecule has 3 fully saturated rings. The van der Waals surface area contributed by atoms with Gasteiger partial charge in [-0.15, -0.1) is 0 Å². The molecule has 1 heterocycles. The van der Waals surface area contributed by atoms with Crippen molar-refractivity contribution >= 4 is 0 Å². The van der Waals surface area contributed by atoms with Gasteiger partial charge in [0.1, 0.15) is 0 Å². The van der Waals surface area contributed by atoms with Gasteiger partial charge < -0.3 is 5.32 Å². The Hall–Kier alpha value is -0.0800. The molecule has 2 aliphatic carbocycles. The molecular formula is C16H30N2. The predicted molar refractivity (Wildman–Crippen MR) is 76.7 cm³/mol. The minimum absolute atomic E-state index is 0.883. The molecule has 0 radical (unpaired) electrons. The van der Waals surface area contributed by atoms with E-state index in [1.807, 2.05) is 0 Å². The predicted octanol–water partition coefficient (Wildman–Crippen LogP) is 2.89. The summed E-state index contributed by atoms with van der Waals surface area (Å²) in [4.78, 5) is 2.82. The first-order valence-electron chi connectivity index (χ1n) is 8.25. The zero-order chi connectivity index (χ0) is 12.5. The van der Waals surface area contributed by atoms with E-state index in [9.17, 15) is 0 Å². The molecule has 2 nitrogen and oxygen atoms in total. The van der Waals surface area contributed by atoms with Gasteiger partial charge in [0.2, 0.25) is 0 Å². The highest BCUT2D eigenvalue weighted by molar-refractivity contribution is 4.92. The molecule has 0 spiro atoms. The number of hydrogen-bond acceptors (Lipinski definition) is 2. The number of rotatable bonds is 5. The van der Waals surface area contributed by atoms with Crippen molar-refractivity contribution in [2.24, 2.45) is 17.8 Å². The van der Waals surface area contributed by atoms with Gasteiger partial charge in [0, 0.05) is 18.6 Å².